The summed E-state index contributed by atoms with van der Waals surface area (Å²) >= 11 is 0. The fourth-order valence-electron chi connectivity index (χ4n) is 4.04. The van der Waals surface area contributed by atoms with Crippen molar-refractivity contribution in [3.8, 4) is 5.75 Å². The number of nitrogens with one attached hydrogen (secondary N) is 1. The monoisotopic (exact) mass is 383 g/mol. The average molecular weight is 383 g/mol. The number of aromatic nitrogens is 3. The van der Waals surface area contributed by atoms with E-state index in [1.807, 2.05) is 36.1 Å². The van der Waals surface area contributed by atoms with E-state index in [-0.39, 0.29) is 12.0 Å². The molecular weight excluding hydrogens is 354 g/mol. The summed E-state index contributed by atoms with van der Waals surface area (Å²) in [7, 11) is 0. The first-order valence-electron chi connectivity index (χ1n) is 10.3. The fourth-order valence-corrected chi connectivity index (χ4v) is 4.04. The van der Waals surface area contributed by atoms with Crippen LogP contribution in [0.4, 0.5) is 0 Å². The highest BCUT2D eigenvalue weighted by Gasteiger charge is 2.25. The van der Waals surface area contributed by atoms with Gasteiger partial charge in [-0.15, -0.1) is 0 Å². The van der Waals surface area contributed by atoms with Crippen LogP contribution in [0.3, 0.4) is 0 Å². The highest BCUT2D eigenvalue weighted by molar-refractivity contribution is 5.97. The lowest BCUT2D eigenvalue weighted by atomic mass is 10.1. The van der Waals surface area contributed by atoms with E-state index in [0.717, 1.165) is 75.8 Å². The van der Waals surface area contributed by atoms with Gasteiger partial charge in [0.2, 0.25) is 0 Å². The van der Waals surface area contributed by atoms with Gasteiger partial charge >= 0.3 is 0 Å². The van der Waals surface area contributed by atoms with E-state index < -0.39 is 0 Å². The second-order valence-corrected chi connectivity index (χ2v) is 7.78. The lowest BCUT2D eigenvalue weighted by Gasteiger charge is -2.32. The lowest BCUT2D eigenvalue weighted by Crippen LogP contribution is -2.39. The van der Waals surface area contributed by atoms with Crippen molar-refractivity contribution in [2.75, 3.05) is 26.2 Å². The van der Waals surface area contributed by atoms with Crippen molar-refractivity contribution in [2.45, 2.75) is 51.7 Å². The van der Waals surface area contributed by atoms with Crippen LogP contribution in [0.15, 0.2) is 24.3 Å². The number of para-hydroxylation sites is 1. The zero-order valence-electron chi connectivity index (χ0n) is 16.6. The molecule has 7 nitrogen and oxygen atoms in total. The van der Waals surface area contributed by atoms with Gasteiger partial charge in [-0.2, -0.15) is 5.10 Å². The molecule has 0 atom stereocenters. The molecule has 7 heteroatoms. The minimum Gasteiger partial charge on any atom is -0.489 e. The number of carbonyl (C=O) groups is 1. The maximum absolute atomic E-state index is 12.9. The van der Waals surface area contributed by atoms with E-state index in [1.165, 1.54) is 6.42 Å². The Morgan fingerprint density at radius 2 is 1.89 bits per heavy atom. The van der Waals surface area contributed by atoms with Crippen molar-refractivity contribution < 1.29 is 9.53 Å². The van der Waals surface area contributed by atoms with Gasteiger partial charge in [0, 0.05) is 26.2 Å². The van der Waals surface area contributed by atoms with Crippen molar-refractivity contribution in [3.63, 3.8) is 0 Å². The van der Waals surface area contributed by atoms with Crippen molar-refractivity contribution in [1.29, 1.82) is 0 Å². The van der Waals surface area contributed by atoms with Gasteiger partial charge in [-0.3, -0.25) is 14.8 Å². The third-order valence-corrected chi connectivity index (χ3v) is 5.60. The summed E-state index contributed by atoms with van der Waals surface area (Å²) in [6, 6.07) is 7.70. The second kappa shape index (κ2) is 8.73. The number of aromatic amines is 1. The molecule has 1 amide bonds. The standard InChI is InChI=1S/C21H29N5O2/c1-16-22-20(24-23-16)15-25-13-9-17(10-14-25)28-19-8-4-3-7-18(19)21(27)26-11-5-2-6-12-26/h3-4,7-8,17H,2,5-6,9-15H2,1H3,(H,22,23,24). The molecule has 1 aromatic carbocycles. The molecular formula is C21H29N5O2. The molecule has 2 fully saturated rings. The summed E-state index contributed by atoms with van der Waals surface area (Å²) in [6.45, 7) is 6.28. The molecule has 2 aliphatic heterocycles. The summed E-state index contributed by atoms with van der Waals surface area (Å²) in [5, 5.41) is 7.12. The summed E-state index contributed by atoms with van der Waals surface area (Å²) in [5.74, 6) is 2.52. The Labute approximate surface area is 166 Å². The number of rotatable bonds is 5. The summed E-state index contributed by atoms with van der Waals surface area (Å²) in [4.78, 5) is 21.6. The van der Waals surface area contributed by atoms with Gasteiger partial charge in [-0.05, 0) is 51.2 Å². The largest absolute Gasteiger partial charge is 0.489 e. The van der Waals surface area contributed by atoms with Crippen LogP contribution in [0.25, 0.3) is 0 Å². The van der Waals surface area contributed by atoms with Gasteiger partial charge in [-0.25, -0.2) is 4.98 Å². The molecule has 1 aromatic heterocycles. The third kappa shape index (κ3) is 4.52. The Morgan fingerprint density at radius 3 is 2.61 bits per heavy atom. The number of H-pyrrole nitrogens is 1. The zero-order chi connectivity index (χ0) is 19.3. The molecule has 28 heavy (non-hydrogen) atoms. The normalized spacial score (nSPS) is 19.0. The fraction of sp³-hybridized carbons (Fsp3) is 0.571. The van der Waals surface area contributed by atoms with Gasteiger partial charge < -0.3 is 9.64 Å². The van der Waals surface area contributed by atoms with Crippen molar-refractivity contribution in [3.05, 3.63) is 41.5 Å². The first-order chi connectivity index (χ1) is 13.7. The van der Waals surface area contributed by atoms with Crippen LogP contribution in [-0.4, -0.2) is 63.2 Å². The second-order valence-electron chi connectivity index (χ2n) is 7.78. The highest BCUT2D eigenvalue weighted by Crippen LogP contribution is 2.25. The molecule has 150 valence electrons. The predicted octanol–water partition coefficient (Wildman–Crippen LogP) is 2.78. The molecule has 2 aliphatic rings. The van der Waals surface area contributed by atoms with E-state index in [2.05, 4.69) is 20.1 Å². The molecule has 0 spiro atoms. The predicted molar refractivity (Wildman–Crippen MR) is 106 cm³/mol. The summed E-state index contributed by atoms with van der Waals surface area (Å²) in [5.41, 5.74) is 0.697. The number of hydrogen-bond donors (Lipinski definition) is 1. The molecule has 0 saturated carbocycles. The Balaban J connectivity index is 1.34. The van der Waals surface area contributed by atoms with Gasteiger partial charge in [0.15, 0.2) is 5.82 Å². The van der Waals surface area contributed by atoms with Crippen LogP contribution in [0.1, 0.15) is 54.1 Å². The van der Waals surface area contributed by atoms with Crippen LogP contribution in [0.2, 0.25) is 0 Å². The molecule has 0 unspecified atom stereocenters. The number of ether oxygens (including phenoxy) is 1. The number of nitrogens with zero attached hydrogens (tertiary/aromatic N) is 4. The first kappa shape index (κ1) is 18.9. The Hall–Kier alpha value is -2.41. The number of likely N-dealkylation sites (tertiary alicyclic amines) is 2. The summed E-state index contributed by atoms with van der Waals surface area (Å²) in [6.07, 6.45) is 5.43. The van der Waals surface area contributed by atoms with Crippen LogP contribution in [0.5, 0.6) is 5.75 Å². The maximum atomic E-state index is 12.9. The Morgan fingerprint density at radius 1 is 1.14 bits per heavy atom. The number of aryl methyl sites for hydroxylation is 1. The van der Waals surface area contributed by atoms with Crippen LogP contribution in [-0.2, 0) is 6.54 Å². The molecule has 0 bridgehead atoms. The Kier molecular flexibility index (Phi) is 5.90. The third-order valence-electron chi connectivity index (χ3n) is 5.60. The molecule has 2 saturated heterocycles. The number of hydrogen-bond acceptors (Lipinski definition) is 5. The molecule has 1 N–H and O–H groups in total. The first-order valence-corrected chi connectivity index (χ1v) is 10.3. The van der Waals surface area contributed by atoms with Crippen LogP contribution < -0.4 is 4.74 Å². The molecule has 2 aromatic rings. The average Bonchev–Trinajstić information content (AvgIpc) is 3.14. The van der Waals surface area contributed by atoms with E-state index in [4.69, 9.17) is 4.74 Å². The summed E-state index contributed by atoms with van der Waals surface area (Å²) < 4.78 is 6.29. The molecule has 3 heterocycles. The quantitative estimate of drug-likeness (QED) is 0.859. The maximum Gasteiger partial charge on any atom is 0.257 e. The zero-order valence-corrected chi connectivity index (χ0v) is 16.6. The lowest BCUT2D eigenvalue weighted by molar-refractivity contribution is 0.0701. The molecule has 0 radical (unpaired) electrons. The number of carbonyl (C=O) groups excluding carboxylic acids is 1. The minimum absolute atomic E-state index is 0.104. The van der Waals surface area contributed by atoms with E-state index >= 15 is 0 Å². The molecule has 4 rings (SSSR count). The van der Waals surface area contributed by atoms with E-state index in [9.17, 15) is 4.79 Å². The van der Waals surface area contributed by atoms with Gasteiger partial charge in [0.1, 0.15) is 17.7 Å². The Bertz CT molecular complexity index is 792. The van der Waals surface area contributed by atoms with E-state index in [1.54, 1.807) is 0 Å². The van der Waals surface area contributed by atoms with Crippen molar-refractivity contribution in [1.82, 2.24) is 25.0 Å². The van der Waals surface area contributed by atoms with Crippen molar-refractivity contribution in [2.24, 2.45) is 0 Å². The van der Waals surface area contributed by atoms with Crippen LogP contribution >= 0.6 is 0 Å². The van der Waals surface area contributed by atoms with E-state index in [0.29, 0.717) is 5.56 Å². The smallest absolute Gasteiger partial charge is 0.257 e. The van der Waals surface area contributed by atoms with Gasteiger partial charge in [0.25, 0.3) is 5.91 Å². The number of piperidine rings is 2. The van der Waals surface area contributed by atoms with Crippen LogP contribution in [0, 0.1) is 6.92 Å². The number of amides is 1. The van der Waals surface area contributed by atoms with Crippen molar-refractivity contribution >= 4 is 5.91 Å². The number of benzene rings is 1. The van der Waals surface area contributed by atoms with Gasteiger partial charge in [-0.1, -0.05) is 12.1 Å². The van der Waals surface area contributed by atoms with Gasteiger partial charge in [0.05, 0.1) is 12.1 Å². The SMILES string of the molecule is Cc1nc(CN2CCC(Oc3ccccc3C(=O)N3CCCCC3)CC2)n[nH]1. The minimum atomic E-state index is 0.104. The highest BCUT2D eigenvalue weighted by atomic mass is 16.5. The topological polar surface area (TPSA) is 74.4 Å². The molecule has 0 aliphatic carbocycles.